The lowest BCUT2D eigenvalue weighted by molar-refractivity contribution is -0.0980. The van der Waals surface area contributed by atoms with E-state index in [1.54, 1.807) is 18.2 Å². The van der Waals surface area contributed by atoms with Gasteiger partial charge in [0.1, 0.15) is 18.8 Å². The molecule has 0 aromatic heterocycles. The minimum Gasteiger partial charge on any atom is -0.508 e. The predicted molar refractivity (Wildman–Crippen MR) is 109 cm³/mol. The molecule has 3 heteroatoms. The first-order valence-electron chi connectivity index (χ1n) is 9.34. The van der Waals surface area contributed by atoms with Gasteiger partial charge in [-0.3, -0.25) is 4.79 Å². The average molecular weight is 357 g/mol. The Hall–Kier alpha value is -2.42. The molecule has 26 heavy (non-hydrogen) atoms. The SMILES string of the molecule is C=O.CCCCCCCCCc1ccccc1O.O=Cc1ccccc1. The third kappa shape index (κ3) is 12.0. The van der Waals surface area contributed by atoms with Crippen LogP contribution < -0.4 is 0 Å². The molecule has 0 heterocycles. The van der Waals surface area contributed by atoms with E-state index in [2.05, 4.69) is 6.92 Å². The largest absolute Gasteiger partial charge is 0.508 e. The molecule has 3 nitrogen and oxygen atoms in total. The van der Waals surface area contributed by atoms with Crippen LogP contribution in [-0.4, -0.2) is 18.2 Å². The predicted octanol–water partition coefficient (Wildman–Crippen LogP) is 6.00. The number of benzene rings is 2. The number of aldehydes is 1. The van der Waals surface area contributed by atoms with E-state index in [4.69, 9.17) is 4.79 Å². The smallest absolute Gasteiger partial charge is 0.150 e. The van der Waals surface area contributed by atoms with Crippen molar-refractivity contribution in [3.63, 3.8) is 0 Å². The van der Waals surface area contributed by atoms with Gasteiger partial charge in [0.15, 0.2) is 0 Å². The van der Waals surface area contributed by atoms with Gasteiger partial charge in [0.25, 0.3) is 0 Å². The number of rotatable bonds is 9. The van der Waals surface area contributed by atoms with Crippen molar-refractivity contribution in [2.24, 2.45) is 0 Å². The van der Waals surface area contributed by atoms with Crippen molar-refractivity contribution >= 4 is 13.1 Å². The lowest BCUT2D eigenvalue weighted by atomic mass is 10.0. The van der Waals surface area contributed by atoms with Gasteiger partial charge < -0.3 is 9.90 Å². The van der Waals surface area contributed by atoms with Crippen LogP contribution in [0.25, 0.3) is 0 Å². The Balaban J connectivity index is 0.000000522. The van der Waals surface area contributed by atoms with E-state index in [0.717, 1.165) is 23.8 Å². The van der Waals surface area contributed by atoms with E-state index < -0.39 is 0 Å². The second-order valence-electron chi connectivity index (χ2n) is 6.03. The van der Waals surface area contributed by atoms with Gasteiger partial charge in [-0.1, -0.05) is 94.0 Å². The monoisotopic (exact) mass is 356 g/mol. The summed E-state index contributed by atoms with van der Waals surface area (Å²) in [6.07, 6.45) is 11.1. The van der Waals surface area contributed by atoms with Crippen LogP contribution in [0.5, 0.6) is 5.75 Å². The fourth-order valence-electron chi connectivity index (χ4n) is 2.53. The number of hydrogen-bond acceptors (Lipinski definition) is 3. The molecular formula is C23H32O3. The van der Waals surface area contributed by atoms with Gasteiger partial charge in [-0.15, -0.1) is 0 Å². The molecule has 0 aliphatic carbocycles. The molecule has 0 unspecified atom stereocenters. The van der Waals surface area contributed by atoms with Crippen LogP contribution in [0.4, 0.5) is 0 Å². The molecule has 0 bridgehead atoms. The summed E-state index contributed by atoms with van der Waals surface area (Å²) >= 11 is 0. The molecule has 0 atom stereocenters. The number of phenolic OH excluding ortho intramolecular Hbond substituents is 1. The first kappa shape index (κ1) is 23.6. The number of carbonyl (C=O) groups excluding carboxylic acids is 2. The van der Waals surface area contributed by atoms with Crippen molar-refractivity contribution in [3.8, 4) is 5.75 Å². The third-order valence-electron chi connectivity index (χ3n) is 3.98. The fourth-order valence-corrected chi connectivity index (χ4v) is 2.53. The first-order chi connectivity index (χ1) is 12.8. The van der Waals surface area contributed by atoms with Crippen LogP contribution in [0.2, 0.25) is 0 Å². The van der Waals surface area contributed by atoms with Crippen molar-refractivity contribution in [1.29, 1.82) is 0 Å². The summed E-state index contributed by atoms with van der Waals surface area (Å²) in [5, 5.41) is 9.58. The summed E-state index contributed by atoms with van der Waals surface area (Å²) < 4.78 is 0. The number of phenols is 1. The molecule has 0 saturated heterocycles. The van der Waals surface area contributed by atoms with Gasteiger partial charge in [0.05, 0.1) is 0 Å². The van der Waals surface area contributed by atoms with E-state index >= 15 is 0 Å². The summed E-state index contributed by atoms with van der Waals surface area (Å²) in [6.45, 7) is 4.25. The molecule has 2 rings (SSSR count). The maximum Gasteiger partial charge on any atom is 0.150 e. The van der Waals surface area contributed by atoms with E-state index in [9.17, 15) is 9.90 Å². The average Bonchev–Trinajstić information content (AvgIpc) is 2.71. The Morgan fingerprint density at radius 1 is 0.808 bits per heavy atom. The Morgan fingerprint density at radius 2 is 1.35 bits per heavy atom. The van der Waals surface area contributed by atoms with Crippen molar-refractivity contribution in [2.75, 3.05) is 0 Å². The van der Waals surface area contributed by atoms with Gasteiger partial charge in [-0.2, -0.15) is 0 Å². The maximum absolute atomic E-state index is 10.0. The summed E-state index contributed by atoms with van der Waals surface area (Å²) in [5.74, 6) is 0.452. The van der Waals surface area contributed by atoms with E-state index in [1.165, 1.54) is 44.9 Å². The van der Waals surface area contributed by atoms with Gasteiger partial charge in [-0.25, -0.2) is 0 Å². The van der Waals surface area contributed by atoms with Crippen LogP contribution in [-0.2, 0) is 11.2 Å². The molecule has 2 aromatic rings. The number of carbonyl (C=O) groups is 2. The molecule has 0 radical (unpaired) electrons. The molecule has 0 aliphatic heterocycles. The molecular weight excluding hydrogens is 324 g/mol. The molecule has 0 aliphatic rings. The Morgan fingerprint density at radius 3 is 1.88 bits per heavy atom. The minimum atomic E-state index is 0.452. The standard InChI is InChI=1S/C15H24O.C7H6O.CH2O/c1-2-3-4-5-6-7-8-11-14-12-9-10-13-15(14)16;8-6-7-4-2-1-3-5-7;1-2/h9-10,12-13,16H,2-8,11H2,1H3;1-6H;1H2. The van der Waals surface area contributed by atoms with Crippen molar-refractivity contribution < 1.29 is 14.7 Å². The fraction of sp³-hybridized carbons (Fsp3) is 0.391. The molecule has 1 N–H and O–H groups in total. The van der Waals surface area contributed by atoms with Gasteiger partial charge in [0.2, 0.25) is 0 Å². The maximum atomic E-state index is 10.0. The highest BCUT2D eigenvalue weighted by molar-refractivity contribution is 5.74. The minimum absolute atomic E-state index is 0.452. The molecule has 0 spiro atoms. The van der Waals surface area contributed by atoms with Crippen molar-refractivity contribution in [3.05, 3.63) is 65.7 Å². The number of unbranched alkanes of at least 4 members (excludes halogenated alkanes) is 6. The number of hydrogen-bond donors (Lipinski definition) is 1. The normalized spacial score (nSPS) is 9.27. The van der Waals surface area contributed by atoms with Crippen LogP contribution in [0.1, 0.15) is 67.8 Å². The Kier molecular flexibility index (Phi) is 15.8. The number of aromatic hydroxyl groups is 1. The summed E-state index contributed by atoms with van der Waals surface area (Å²) in [7, 11) is 0. The molecule has 0 fully saturated rings. The lowest BCUT2D eigenvalue weighted by Gasteiger charge is -2.04. The zero-order valence-electron chi connectivity index (χ0n) is 15.9. The lowest BCUT2D eigenvalue weighted by Crippen LogP contribution is -1.87. The molecule has 2 aromatic carbocycles. The quantitative estimate of drug-likeness (QED) is 0.443. The topological polar surface area (TPSA) is 54.4 Å². The summed E-state index contributed by atoms with van der Waals surface area (Å²) in [5.41, 5.74) is 1.82. The van der Waals surface area contributed by atoms with Crippen LogP contribution >= 0.6 is 0 Å². The van der Waals surface area contributed by atoms with E-state index in [0.29, 0.717) is 5.75 Å². The Labute approximate surface area is 158 Å². The highest BCUT2D eigenvalue weighted by Crippen LogP contribution is 2.18. The second kappa shape index (κ2) is 17.4. The number of para-hydroxylation sites is 1. The summed E-state index contributed by atoms with van der Waals surface area (Å²) in [4.78, 5) is 18.0. The van der Waals surface area contributed by atoms with E-state index in [-0.39, 0.29) is 0 Å². The second-order valence-corrected chi connectivity index (χ2v) is 6.03. The zero-order valence-corrected chi connectivity index (χ0v) is 15.9. The third-order valence-corrected chi connectivity index (χ3v) is 3.98. The number of aryl methyl sites for hydroxylation is 1. The molecule has 142 valence electrons. The van der Waals surface area contributed by atoms with Crippen molar-refractivity contribution in [2.45, 2.75) is 58.3 Å². The molecule has 0 amide bonds. The van der Waals surface area contributed by atoms with Crippen LogP contribution in [0, 0.1) is 0 Å². The van der Waals surface area contributed by atoms with Gasteiger partial charge >= 0.3 is 0 Å². The zero-order chi connectivity index (χ0) is 19.5. The first-order valence-corrected chi connectivity index (χ1v) is 9.34. The van der Waals surface area contributed by atoms with E-state index in [1.807, 2.05) is 43.2 Å². The van der Waals surface area contributed by atoms with Crippen LogP contribution in [0.3, 0.4) is 0 Å². The highest BCUT2D eigenvalue weighted by Gasteiger charge is 1.98. The van der Waals surface area contributed by atoms with Gasteiger partial charge in [0, 0.05) is 5.56 Å². The highest BCUT2D eigenvalue weighted by atomic mass is 16.3. The Bertz CT molecular complexity index is 567. The van der Waals surface area contributed by atoms with Crippen LogP contribution in [0.15, 0.2) is 54.6 Å². The van der Waals surface area contributed by atoms with Crippen molar-refractivity contribution in [1.82, 2.24) is 0 Å². The van der Waals surface area contributed by atoms with Gasteiger partial charge in [-0.05, 0) is 24.5 Å². The summed E-state index contributed by atoms with van der Waals surface area (Å²) in [6, 6.07) is 16.8. The molecule has 0 saturated carbocycles.